The van der Waals surface area contributed by atoms with Gasteiger partial charge in [0.1, 0.15) is 11.9 Å². The van der Waals surface area contributed by atoms with Crippen LogP contribution in [0.4, 0.5) is 5.69 Å². The van der Waals surface area contributed by atoms with Crippen molar-refractivity contribution >= 4 is 23.7 Å². The Hall–Kier alpha value is -1.78. The Morgan fingerprint density at radius 2 is 1.85 bits per heavy atom. The minimum absolute atomic E-state index is 0.0618. The quantitative estimate of drug-likeness (QED) is 0.916. The molecule has 0 bridgehead atoms. The second-order valence-corrected chi connectivity index (χ2v) is 5.73. The van der Waals surface area contributed by atoms with Crippen molar-refractivity contribution in [2.24, 2.45) is 4.99 Å². The number of aliphatic hydroxyl groups excluding tert-OH is 1. The summed E-state index contributed by atoms with van der Waals surface area (Å²) in [5.41, 5.74) is 1.97. The number of aliphatic imine (C=N–C) groups is 1. The van der Waals surface area contributed by atoms with Gasteiger partial charge in [0.05, 0.1) is 18.0 Å². The van der Waals surface area contributed by atoms with Crippen LogP contribution in [0, 0.1) is 0 Å². The summed E-state index contributed by atoms with van der Waals surface area (Å²) in [6.07, 6.45) is 1.01. The average molecular weight is 285 g/mol. The van der Waals surface area contributed by atoms with Crippen LogP contribution in [-0.4, -0.2) is 24.5 Å². The summed E-state index contributed by atoms with van der Waals surface area (Å²) >= 11 is 1.64. The van der Waals surface area contributed by atoms with E-state index in [1.54, 1.807) is 25.1 Å². The Bertz CT molecular complexity index is 625. The number of rotatable bonds is 2. The van der Waals surface area contributed by atoms with E-state index in [1.165, 1.54) is 0 Å². The summed E-state index contributed by atoms with van der Waals surface area (Å²) in [5, 5.41) is 10.2. The van der Waals surface area contributed by atoms with E-state index in [2.05, 4.69) is 4.99 Å². The van der Waals surface area contributed by atoms with Gasteiger partial charge in [-0.05, 0) is 29.8 Å². The van der Waals surface area contributed by atoms with Crippen LogP contribution < -0.4 is 4.74 Å². The topological polar surface area (TPSA) is 41.8 Å². The van der Waals surface area contributed by atoms with Crippen LogP contribution in [0.5, 0.6) is 5.75 Å². The maximum atomic E-state index is 10.3. The molecule has 3 nitrogen and oxygen atoms in total. The summed E-state index contributed by atoms with van der Waals surface area (Å²) in [4.78, 5) is 5.44. The smallest absolute Gasteiger partial charge is 0.118 e. The maximum Gasteiger partial charge on any atom is 0.118 e. The van der Waals surface area contributed by atoms with Gasteiger partial charge in [-0.1, -0.05) is 24.3 Å². The molecule has 2 atom stereocenters. The van der Waals surface area contributed by atoms with Gasteiger partial charge in [0.15, 0.2) is 0 Å². The molecule has 102 valence electrons. The number of fused-ring (bicyclic) bond motifs is 1. The number of hydrogen-bond acceptors (Lipinski definition) is 4. The predicted octanol–water partition coefficient (Wildman–Crippen LogP) is 3.61. The van der Waals surface area contributed by atoms with Crippen LogP contribution >= 0.6 is 11.8 Å². The van der Waals surface area contributed by atoms with Gasteiger partial charge in [-0.2, -0.15) is 0 Å². The molecule has 20 heavy (non-hydrogen) atoms. The summed E-state index contributed by atoms with van der Waals surface area (Å²) in [6, 6.07) is 15.7. The molecule has 1 aliphatic rings. The lowest BCUT2D eigenvalue weighted by molar-refractivity contribution is 0.244. The number of methoxy groups -OCH3 is 1. The van der Waals surface area contributed by atoms with Gasteiger partial charge in [0.25, 0.3) is 0 Å². The fourth-order valence-electron chi connectivity index (χ4n) is 2.16. The summed E-state index contributed by atoms with van der Waals surface area (Å²) in [7, 11) is 1.65. The molecule has 2 aromatic rings. The third kappa shape index (κ3) is 2.57. The number of nitrogens with zero attached hydrogens (tertiary/aromatic N) is 1. The van der Waals surface area contributed by atoms with E-state index >= 15 is 0 Å². The zero-order valence-electron chi connectivity index (χ0n) is 11.1. The first-order valence-corrected chi connectivity index (χ1v) is 7.28. The molecule has 0 unspecified atom stereocenters. The second kappa shape index (κ2) is 5.69. The monoisotopic (exact) mass is 285 g/mol. The molecule has 0 aromatic heterocycles. The lowest BCUT2D eigenvalue weighted by Gasteiger charge is -2.18. The highest BCUT2D eigenvalue weighted by Crippen LogP contribution is 2.43. The molecular weight excluding hydrogens is 270 g/mol. The van der Waals surface area contributed by atoms with Gasteiger partial charge < -0.3 is 9.84 Å². The van der Waals surface area contributed by atoms with Crippen LogP contribution in [0.25, 0.3) is 0 Å². The van der Waals surface area contributed by atoms with Gasteiger partial charge >= 0.3 is 0 Å². The number of hydrogen-bond donors (Lipinski definition) is 1. The molecule has 1 aliphatic heterocycles. The molecule has 0 fully saturated rings. The van der Waals surface area contributed by atoms with Crippen molar-refractivity contribution < 1.29 is 9.84 Å². The molecular formula is C16H15NO2S. The van der Waals surface area contributed by atoms with Gasteiger partial charge in [-0.15, -0.1) is 11.8 Å². The molecule has 0 spiro atoms. The van der Waals surface area contributed by atoms with E-state index in [0.717, 1.165) is 21.9 Å². The lowest BCUT2D eigenvalue weighted by Crippen LogP contribution is -2.16. The van der Waals surface area contributed by atoms with Crippen LogP contribution in [0.2, 0.25) is 0 Å². The van der Waals surface area contributed by atoms with Crippen LogP contribution in [0.3, 0.4) is 0 Å². The molecule has 1 heterocycles. The van der Waals surface area contributed by atoms with Gasteiger partial charge in [-0.25, -0.2) is 0 Å². The first-order chi connectivity index (χ1) is 9.78. The zero-order chi connectivity index (χ0) is 13.9. The number of thioether (sulfide) groups is 1. The standard InChI is InChI=1S/C16H15NO2S/c1-19-12-8-6-11(7-9-12)16-14(18)10-17-13-4-2-3-5-15(13)20-16/h2-10,14,16,18H,1H3/t14-,16-/m0/s1. The summed E-state index contributed by atoms with van der Waals surface area (Å²) in [6.45, 7) is 0. The number of para-hydroxylation sites is 1. The van der Waals surface area contributed by atoms with Crippen LogP contribution in [0.15, 0.2) is 58.4 Å². The minimum atomic E-state index is -0.610. The highest BCUT2D eigenvalue weighted by molar-refractivity contribution is 7.99. The van der Waals surface area contributed by atoms with E-state index in [-0.39, 0.29) is 5.25 Å². The highest BCUT2D eigenvalue weighted by atomic mass is 32.2. The van der Waals surface area contributed by atoms with Crippen molar-refractivity contribution in [2.75, 3.05) is 7.11 Å². The molecule has 4 heteroatoms. The Labute approximate surface area is 122 Å². The summed E-state index contributed by atoms with van der Waals surface area (Å²) in [5.74, 6) is 0.816. The SMILES string of the molecule is COc1ccc([C@@H]2Sc3ccccc3N=C[C@@H]2O)cc1. The van der Waals surface area contributed by atoms with Crippen molar-refractivity contribution in [3.05, 3.63) is 54.1 Å². The van der Waals surface area contributed by atoms with Crippen LogP contribution in [0.1, 0.15) is 10.8 Å². The fraction of sp³-hybridized carbons (Fsp3) is 0.188. The molecule has 0 aliphatic carbocycles. The molecule has 0 amide bonds. The molecule has 3 rings (SSSR count). The van der Waals surface area contributed by atoms with Gasteiger partial charge in [0, 0.05) is 11.1 Å². The second-order valence-electron chi connectivity index (χ2n) is 4.55. The van der Waals surface area contributed by atoms with Crippen molar-refractivity contribution in [2.45, 2.75) is 16.2 Å². The lowest BCUT2D eigenvalue weighted by atomic mass is 10.1. The molecule has 0 radical (unpaired) electrons. The first kappa shape index (κ1) is 13.2. The summed E-state index contributed by atoms with van der Waals surface area (Å²) < 4.78 is 5.17. The largest absolute Gasteiger partial charge is 0.497 e. The maximum absolute atomic E-state index is 10.3. The fourth-order valence-corrected chi connectivity index (χ4v) is 3.34. The third-order valence-corrected chi connectivity index (χ3v) is 4.64. The first-order valence-electron chi connectivity index (χ1n) is 6.40. The highest BCUT2D eigenvalue weighted by Gasteiger charge is 2.24. The number of benzene rings is 2. The Morgan fingerprint density at radius 1 is 1.10 bits per heavy atom. The zero-order valence-corrected chi connectivity index (χ0v) is 11.9. The minimum Gasteiger partial charge on any atom is -0.497 e. The number of ether oxygens (including phenoxy) is 1. The molecule has 0 saturated carbocycles. The predicted molar refractivity (Wildman–Crippen MR) is 82.2 cm³/mol. The van der Waals surface area contributed by atoms with Gasteiger partial charge in [-0.3, -0.25) is 4.99 Å². The average Bonchev–Trinajstić information content (AvgIpc) is 2.67. The third-order valence-electron chi connectivity index (χ3n) is 3.24. The van der Waals surface area contributed by atoms with E-state index in [1.807, 2.05) is 48.5 Å². The molecule has 0 saturated heterocycles. The number of aliphatic hydroxyl groups is 1. The van der Waals surface area contributed by atoms with Crippen molar-refractivity contribution in [3.63, 3.8) is 0 Å². The Balaban J connectivity index is 1.94. The molecule has 1 N–H and O–H groups in total. The Kier molecular flexibility index (Phi) is 3.76. The van der Waals surface area contributed by atoms with E-state index in [0.29, 0.717) is 0 Å². The van der Waals surface area contributed by atoms with Crippen LogP contribution in [-0.2, 0) is 0 Å². The molecule has 2 aromatic carbocycles. The van der Waals surface area contributed by atoms with E-state index in [9.17, 15) is 5.11 Å². The Morgan fingerprint density at radius 3 is 2.60 bits per heavy atom. The van der Waals surface area contributed by atoms with Crippen molar-refractivity contribution in [1.29, 1.82) is 0 Å². The normalized spacial score (nSPS) is 21.1. The van der Waals surface area contributed by atoms with Crippen molar-refractivity contribution in [3.8, 4) is 5.75 Å². The van der Waals surface area contributed by atoms with E-state index < -0.39 is 6.10 Å². The van der Waals surface area contributed by atoms with Gasteiger partial charge in [0.2, 0.25) is 0 Å². The van der Waals surface area contributed by atoms with Crippen molar-refractivity contribution in [1.82, 2.24) is 0 Å². The van der Waals surface area contributed by atoms with E-state index in [4.69, 9.17) is 4.74 Å².